The second-order valence-corrected chi connectivity index (χ2v) is 8.15. The van der Waals surface area contributed by atoms with Gasteiger partial charge in [0.15, 0.2) is 0 Å². The highest BCUT2D eigenvalue weighted by Gasteiger charge is 2.42. The van der Waals surface area contributed by atoms with Crippen LogP contribution < -0.4 is 0 Å². The highest BCUT2D eigenvalue weighted by atomic mass is 32.2. The summed E-state index contributed by atoms with van der Waals surface area (Å²) in [4.78, 5) is 0.323. The molecular formula is C16H23NO3S. The lowest BCUT2D eigenvalue weighted by molar-refractivity contribution is 0.260. The summed E-state index contributed by atoms with van der Waals surface area (Å²) in [6.07, 6.45) is 5.49. The number of hydrogen-bond acceptors (Lipinski definition) is 3. The first-order chi connectivity index (χ1) is 10.0. The lowest BCUT2D eigenvalue weighted by atomic mass is 9.86. The summed E-state index contributed by atoms with van der Waals surface area (Å²) < 4.78 is 27.5. The van der Waals surface area contributed by atoms with Crippen LogP contribution >= 0.6 is 0 Å². The summed E-state index contributed by atoms with van der Waals surface area (Å²) in [6.45, 7) is 2.40. The number of nitrogens with zero attached hydrogens (tertiary/aromatic N) is 1. The zero-order chi connectivity index (χ0) is 15.0. The monoisotopic (exact) mass is 309 g/mol. The summed E-state index contributed by atoms with van der Waals surface area (Å²) in [5.74, 6) is 0.538. The first kappa shape index (κ1) is 15.0. The molecule has 0 bridgehead atoms. The number of aryl methyl sites for hydroxylation is 1. The van der Waals surface area contributed by atoms with E-state index in [0.29, 0.717) is 22.9 Å². The Bertz CT molecular complexity index is 626. The summed E-state index contributed by atoms with van der Waals surface area (Å²) in [7, 11) is -3.44. The molecule has 1 N–H and O–H groups in total. The van der Waals surface area contributed by atoms with Crippen LogP contribution in [0.25, 0.3) is 0 Å². The molecule has 4 nitrogen and oxygen atoms in total. The van der Waals surface area contributed by atoms with E-state index in [1.54, 1.807) is 22.5 Å². The summed E-state index contributed by atoms with van der Waals surface area (Å²) in [6, 6.07) is 5.26. The Balaban J connectivity index is 1.93. The molecule has 1 saturated heterocycles. The first-order valence-electron chi connectivity index (χ1n) is 7.76. The van der Waals surface area contributed by atoms with Crippen LogP contribution in [0.5, 0.6) is 0 Å². The number of aliphatic hydroxyl groups excluding tert-OH is 1. The first-order valence-corrected chi connectivity index (χ1v) is 9.20. The predicted octanol–water partition coefficient (Wildman–Crippen LogP) is 2.44. The molecule has 1 saturated carbocycles. The van der Waals surface area contributed by atoms with Gasteiger partial charge in [-0.05, 0) is 55.4 Å². The molecule has 0 spiro atoms. The number of rotatable bonds is 3. The van der Waals surface area contributed by atoms with E-state index >= 15 is 0 Å². The minimum Gasteiger partial charge on any atom is -0.392 e. The molecule has 0 aromatic heterocycles. The molecule has 21 heavy (non-hydrogen) atoms. The Morgan fingerprint density at radius 3 is 2.76 bits per heavy atom. The summed E-state index contributed by atoms with van der Waals surface area (Å²) in [5.41, 5.74) is 1.61. The fraction of sp³-hybridized carbons (Fsp3) is 0.625. The van der Waals surface area contributed by atoms with Crippen molar-refractivity contribution in [3.05, 3.63) is 29.3 Å². The van der Waals surface area contributed by atoms with Crippen molar-refractivity contribution in [2.45, 2.75) is 56.6 Å². The van der Waals surface area contributed by atoms with E-state index in [2.05, 4.69) is 0 Å². The number of sulfonamides is 1. The topological polar surface area (TPSA) is 57.6 Å². The Hall–Kier alpha value is -0.910. The fourth-order valence-electron chi connectivity index (χ4n) is 3.78. The van der Waals surface area contributed by atoms with Crippen molar-refractivity contribution < 1.29 is 13.5 Å². The third kappa shape index (κ3) is 2.62. The molecule has 1 aliphatic carbocycles. The maximum absolute atomic E-state index is 12.9. The number of fused-ring (bicyclic) bond motifs is 1. The third-order valence-corrected chi connectivity index (χ3v) is 6.98. The van der Waals surface area contributed by atoms with E-state index in [9.17, 15) is 13.5 Å². The van der Waals surface area contributed by atoms with Gasteiger partial charge in [0, 0.05) is 12.6 Å². The Morgan fingerprint density at radius 1 is 1.24 bits per heavy atom. The quantitative estimate of drug-likeness (QED) is 0.933. The van der Waals surface area contributed by atoms with Gasteiger partial charge in [-0.25, -0.2) is 8.42 Å². The van der Waals surface area contributed by atoms with E-state index in [1.807, 2.05) is 6.92 Å². The van der Waals surface area contributed by atoms with E-state index in [1.165, 1.54) is 6.42 Å². The Kier molecular flexibility index (Phi) is 4.08. The van der Waals surface area contributed by atoms with Crippen LogP contribution in [0, 0.1) is 12.8 Å². The lowest BCUT2D eigenvalue weighted by Gasteiger charge is -2.31. The van der Waals surface area contributed by atoms with Crippen molar-refractivity contribution in [2.24, 2.45) is 5.92 Å². The minimum atomic E-state index is -3.44. The van der Waals surface area contributed by atoms with Gasteiger partial charge in [0.25, 0.3) is 0 Å². The summed E-state index contributed by atoms with van der Waals surface area (Å²) in [5, 5.41) is 9.35. The lowest BCUT2D eigenvalue weighted by Crippen LogP contribution is -2.39. The van der Waals surface area contributed by atoms with E-state index in [0.717, 1.165) is 31.2 Å². The zero-order valence-corrected chi connectivity index (χ0v) is 13.3. The van der Waals surface area contributed by atoms with Crippen molar-refractivity contribution >= 4 is 10.0 Å². The molecule has 2 fully saturated rings. The minimum absolute atomic E-state index is 0.124. The molecule has 2 aliphatic rings. The molecule has 1 aromatic rings. The second kappa shape index (κ2) is 5.71. The van der Waals surface area contributed by atoms with Crippen molar-refractivity contribution in [1.29, 1.82) is 0 Å². The van der Waals surface area contributed by atoms with Crippen LogP contribution in [0.2, 0.25) is 0 Å². The maximum atomic E-state index is 12.9. The van der Waals surface area contributed by atoms with Crippen LogP contribution in [0.4, 0.5) is 0 Å². The van der Waals surface area contributed by atoms with Crippen molar-refractivity contribution in [2.75, 3.05) is 6.54 Å². The average Bonchev–Trinajstić information content (AvgIpc) is 2.92. The van der Waals surface area contributed by atoms with Crippen molar-refractivity contribution in [3.8, 4) is 0 Å². The van der Waals surface area contributed by atoms with E-state index in [4.69, 9.17) is 0 Å². The molecule has 116 valence electrons. The Labute approximate surface area is 126 Å². The molecule has 2 unspecified atom stereocenters. The Morgan fingerprint density at radius 2 is 2.00 bits per heavy atom. The summed E-state index contributed by atoms with van der Waals surface area (Å²) >= 11 is 0. The van der Waals surface area contributed by atoms with Crippen molar-refractivity contribution in [3.63, 3.8) is 0 Å². The van der Waals surface area contributed by atoms with Gasteiger partial charge in [-0.2, -0.15) is 4.31 Å². The van der Waals surface area contributed by atoms with Crippen LogP contribution in [0.1, 0.15) is 43.2 Å². The van der Waals surface area contributed by atoms with Gasteiger partial charge in [-0.15, -0.1) is 0 Å². The molecule has 1 aliphatic heterocycles. The van der Waals surface area contributed by atoms with Gasteiger partial charge >= 0.3 is 0 Å². The smallest absolute Gasteiger partial charge is 0.243 e. The standard InChI is InChI=1S/C16H23NO3S/c1-12-6-7-15(10-14(12)11-18)21(19,20)17-9-8-13-4-2-3-5-16(13)17/h6-7,10,13,16,18H,2-5,8-9,11H2,1H3. The number of benzene rings is 1. The van der Waals surface area contributed by atoms with Gasteiger partial charge in [0.05, 0.1) is 11.5 Å². The SMILES string of the molecule is Cc1ccc(S(=O)(=O)N2CCC3CCCCC32)cc1CO. The zero-order valence-electron chi connectivity index (χ0n) is 12.5. The van der Waals surface area contributed by atoms with Crippen LogP contribution in [-0.2, 0) is 16.6 Å². The average molecular weight is 309 g/mol. The van der Waals surface area contributed by atoms with Gasteiger partial charge in [-0.1, -0.05) is 18.9 Å². The van der Waals surface area contributed by atoms with Gasteiger partial charge in [0.1, 0.15) is 0 Å². The second-order valence-electron chi connectivity index (χ2n) is 6.26. The molecule has 0 radical (unpaired) electrons. The highest BCUT2D eigenvalue weighted by molar-refractivity contribution is 7.89. The number of aliphatic hydroxyl groups is 1. The van der Waals surface area contributed by atoms with Gasteiger partial charge in [-0.3, -0.25) is 0 Å². The predicted molar refractivity (Wildman–Crippen MR) is 81.4 cm³/mol. The van der Waals surface area contributed by atoms with Gasteiger partial charge < -0.3 is 5.11 Å². The van der Waals surface area contributed by atoms with Crippen LogP contribution in [0.3, 0.4) is 0 Å². The molecule has 5 heteroatoms. The highest BCUT2D eigenvalue weighted by Crippen LogP contribution is 2.39. The van der Waals surface area contributed by atoms with Crippen molar-refractivity contribution in [1.82, 2.24) is 4.31 Å². The fourth-order valence-corrected chi connectivity index (χ4v) is 5.56. The van der Waals surface area contributed by atoms with E-state index < -0.39 is 10.0 Å². The molecule has 3 rings (SSSR count). The van der Waals surface area contributed by atoms with Gasteiger partial charge in [0.2, 0.25) is 10.0 Å². The molecule has 1 aromatic carbocycles. The molecule has 0 amide bonds. The number of hydrogen-bond donors (Lipinski definition) is 1. The maximum Gasteiger partial charge on any atom is 0.243 e. The molecule has 1 heterocycles. The van der Waals surface area contributed by atoms with Crippen LogP contribution in [-0.4, -0.2) is 30.4 Å². The van der Waals surface area contributed by atoms with Crippen LogP contribution in [0.15, 0.2) is 23.1 Å². The largest absolute Gasteiger partial charge is 0.392 e. The third-order valence-electron chi connectivity index (χ3n) is 5.06. The molecule has 2 atom stereocenters. The molecular weight excluding hydrogens is 286 g/mol. The normalized spacial score (nSPS) is 26.8. The van der Waals surface area contributed by atoms with E-state index in [-0.39, 0.29) is 12.6 Å².